The van der Waals surface area contributed by atoms with Gasteiger partial charge < -0.3 is 19.5 Å². The predicted molar refractivity (Wildman–Crippen MR) is 141 cm³/mol. The number of aliphatic imine (C=N–C) groups is 1. The molecule has 0 spiro atoms. The minimum atomic E-state index is -0.997. The fraction of sp³-hybridized carbons (Fsp3) is 0.214. The lowest BCUT2D eigenvalue weighted by molar-refractivity contribution is 0.103. The van der Waals surface area contributed by atoms with Crippen LogP contribution in [0.15, 0.2) is 96.0 Å². The van der Waals surface area contributed by atoms with Crippen molar-refractivity contribution in [3.8, 4) is 0 Å². The molecule has 0 saturated heterocycles. The number of carbonyl (C=O) groups excluding carboxylic acids is 3. The van der Waals surface area contributed by atoms with Gasteiger partial charge in [-0.05, 0) is 23.7 Å². The van der Waals surface area contributed by atoms with Gasteiger partial charge in [0.2, 0.25) is 5.96 Å². The van der Waals surface area contributed by atoms with E-state index in [1.54, 1.807) is 43.4 Å². The van der Waals surface area contributed by atoms with Crippen LogP contribution in [0.5, 0.6) is 0 Å². The summed E-state index contributed by atoms with van der Waals surface area (Å²) in [5, 5.41) is 2.82. The summed E-state index contributed by atoms with van der Waals surface area (Å²) in [5.41, 5.74) is 2.29. The molecule has 0 fully saturated rings. The van der Waals surface area contributed by atoms with Crippen LogP contribution in [-0.2, 0) is 34.0 Å². The van der Waals surface area contributed by atoms with Gasteiger partial charge in [-0.25, -0.2) is 24.2 Å². The van der Waals surface area contributed by atoms with Crippen molar-refractivity contribution in [1.82, 2.24) is 15.1 Å². The highest BCUT2D eigenvalue weighted by molar-refractivity contribution is 6.04. The maximum Gasteiger partial charge on any atom is 0.437 e. The van der Waals surface area contributed by atoms with Gasteiger partial charge in [-0.3, -0.25) is 0 Å². The van der Waals surface area contributed by atoms with Gasteiger partial charge in [-0.15, -0.1) is 4.99 Å². The zero-order valence-electron chi connectivity index (χ0n) is 21.3. The van der Waals surface area contributed by atoms with E-state index in [1.165, 1.54) is 7.05 Å². The Morgan fingerprint density at radius 1 is 0.684 bits per heavy atom. The van der Waals surface area contributed by atoms with Crippen molar-refractivity contribution < 1.29 is 28.6 Å². The molecule has 0 radical (unpaired) electrons. The molecule has 10 nitrogen and oxygen atoms in total. The third kappa shape index (κ3) is 8.75. The van der Waals surface area contributed by atoms with Crippen molar-refractivity contribution in [3.05, 3.63) is 108 Å². The first-order chi connectivity index (χ1) is 18.5. The van der Waals surface area contributed by atoms with Crippen molar-refractivity contribution in [2.24, 2.45) is 4.99 Å². The van der Waals surface area contributed by atoms with Gasteiger partial charge in [0.05, 0.1) is 6.67 Å². The van der Waals surface area contributed by atoms with E-state index in [2.05, 4.69) is 10.3 Å². The summed E-state index contributed by atoms with van der Waals surface area (Å²) < 4.78 is 16.1. The molecular weight excluding hydrogens is 488 g/mol. The predicted octanol–water partition coefficient (Wildman–Crippen LogP) is 4.76. The fourth-order valence-corrected chi connectivity index (χ4v) is 3.22. The van der Waals surface area contributed by atoms with Gasteiger partial charge in [-0.1, -0.05) is 91.0 Å². The molecule has 3 rings (SSSR count). The van der Waals surface area contributed by atoms with Crippen molar-refractivity contribution in [2.45, 2.75) is 19.8 Å². The number of guanidine groups is 1. The second-order valence-electron chi connectivity index (χ2n) is 8.03. The minimum absolute atomic E-state index is 0.0137. The van der Waals surface area contributed by atoms with Crippen LogP contribution in [-0.4, -0.2) is 54.8 Å². The molecular formula is C28H30N4O6. The Bertz CT molecular complexity index is 1210. The number of amides is 3. The molecule has 38 heavy (non-hydrogen) atoms. The Kier molecular flexibility index (Phi) is 10.8. The van der Waals surface area contributed by atoms with Crippen LogP contribution < -0.4 is 5.32 Å². The van der Waals surface area contributed by atoms with Crippen molar-refractivity contribution in [1.29, 1.82) is 0 Å². The summed E-state index contributed by atoms with van der Waals surface area (Å²) >= 11 is 0. The standard InChI is InChI=1S/C28H30N4O6/c1-29-21-32(28(35)38-20-24-16-10-5-11-17-24)25(30-26(33)36-18-22-12-6-3-7-13-22)31(2)27(34)37-19-23-14-8-4-9-15-23/h3-17,29H,18-21H2,1-2H3. The van der Waals surface area contributed by atoms with Gasteiger partial charge in [0, 0.05) is 7.05 Å². The smallest absolute Gasteiger partial charge is 0.437 e. The molecule has 0 heterocycles. The molecule has 0 atom stereocenters. The van der Waals surface area contributed by atoms with Crippen molar-refractivity contribution in [2.75, 3.05) is 20.8 Å². The fourth-order valence-electron chi connectivity index (χ4n) is 3.22. The molecule has 198 valence electrons. The average Bonchev–Trinajstić information content (AvgIpc) is 2.96. The monoisotopic (exact) mass is 518 g/mol. The van der Waals surface area contributed by atoms with E-state index in [1.807, 2.05) is 54.6 Å². The Morgan fingerprint density at radius 2 is 1.11 bits per heavy atom. The lowest BCUT2D eigenvalue weighted by atomic mass is 10.2. The largest absolute Gasteiger partial charge is 0.444 e. The lowest BCUT2D eigenvalue weighted by Gasteiger charge is -2.28. The lowest BCUT2D eigenvalue weighted by Crippen LogP contribution is -2.51. The quantitative estimate of drug-likeness (QED) is 0.198. The number of hydrogen-bond donors (Lipinski definition) is 1. The molecule has 0 saturated carbocycles. The number of carbonyl (C=O) groups is 3. The van der Waals surface area contributed by atoms with Crippen molar-refractivity contribution >= 4 is 24.2 Å². The summed E-state index contributed by atoms with van der Waals surface area (Å²) in [4.78, 5) is 44.5. The van der Waals surface area contributed by atoms with Crippen LogP contribution in [0.1, 0.15) is 16.7 Å². The SMILES string of the molecule is CNCN(C(=O)OCc1ccccc1)C(=NC(=O)OCc1ccccc1)N(C)C(=O)OCc1ccccc1. The number of benzene rings is 3. The normalized spacial score (nSPS) is 10.8. The van der Waals surface area contributed by atoms with Crippen LogP contribution in [0.3, 0.4) is 0 Å². The first-order valence-corrected chi connectivity index (χ1v) is 11.8. The van der Waals surface area contributed by atoms with Crippen molar-refractivity contribution in [3.63, 3.8) is 0 Å². The first-order valence-electron chi connectivity index (χ1n) is 11.8. The minimum Gasteiger partial charge on any atom is -0.444 e. The highest BCUT2D eigenvalue weighted by Gasteiger charge is 2.29. The molecule has 1 N–H and O–H groups in total. The molecule has 3 aromatic rings. The van der Waals surface area contributed by atoms with Crippen LogP contribution in [0.2, 0.25) is 0 Å². The zero-order chi connectivity index (χ0) is 27.2. The van der Waals surface area contributed by atoms with E-state index in [-0.39, 0.29) is 32.4 Å². The van der Waals surface area contributed by atoms with E-state index in [0.29, 0.717) is 0 Å². The molecule has 0 unspecified atom stereocenters. The molecule has 0 aliphatic carbocycles. The molecule has 3 aromatic carbocycles. The number of rotatable bonds is 8. The summed E-state index contributed by atoms with van der Waals surface area (Å²) in [7, 11) is 2.93. The van der Waals surface area contributed by atoms with E-state index < -0.39 is 18.3 Å². The molecule has 0 aliphatic heterocycles. The van der Waals surface area contributed by atoms with E-state index in [0.717, 1.165) is 26.5 Å². The van der Waals surface area contributed by atoms with Gasteiger partial charge in [0.25, 0.3) is 0 Å². The number of ether oxygens (including phenoxy) is 3. The zero-order valence-corrected chi connectivity index (χ0v) is 21.3. The van der Waals surface area contributed by atoms with E-state index >= 15 is 0 Å². The molecule has 0 aromatic heterocycles. The topological polar surface area (TPSA) is 110 Å². The number of nitrogens with zero attached hydrogens (tertiary/aromatic N) is 3. The third-order valence-electron chi connectivity index (χ3n) is 5.16. The number of nitrogens with one attached hydrogen (secondary N) is 1. The molecule has 3 amide bonds. The summed E-state index contributed by atoms with van der Waals surface area (Å²) in [6, 6.07) is 27.2. The van der Waals surface area contributed by atoms with Crippen LogP contribution in [0.25, 0.3) is 0 Å². The Morgan fingerprint density at radius 3 is 1.55 bits per heavy atom. The van der Waals surface area contributed by atoms with Crippen LogP contribution in [0.4, 0.5) is 14.4 Å². The summed E-state index contributed by atoms with van der Waals surface area (Å²) in [6.07, 6.45) is -2.66. The second-order valence-corrected chi connectivity index (χ2v) is 8.03. The van der Waals surface area contributed by atoms with E-state index in [4.69, 9.17) is 14.2 Å². The van der Waals surface area contributed by atoms with Gasteiger partial charge >= 0.3 is 18.3 Å². The Balaban J connectivity index is 1.79. The van der Waals surface area contributed by atoms with Crippen LogP contribution >= 0.6 is 0 Å². The highest BCUT2D eigenvalue weighted by Crippen LogP contribution is 2.10. The number of hydrogen-bond acceptors (Lipinski definition) is 7. The van der Waals surface area contributed by atoms with E-state index in [9.17, 15) is 14.4 Å². The summed E-state index contributed by atoms with van der Waals surface area (Å²) in [6.45, 7) is -0.189. The second kappa shape index (κ2) is 14.8. The average molecular weight is 519 g/mol. The molecule has 0 aliphatic rings. The Labute approximate surface area is 221 Å². The molecule has 0 bridgehead atoms. The summed E-state index contributed by atoms with van der Waals surface area (Å²) in [5.74, 6) is -0.325. The highest BCUT2D eigenvalue weighted by atomic mass is 16.6. The van der Waals surface area contributed by atoms with Gasteiger partial charge in [0.1, 0.15) is 19.8 Å². The van der Waals surface area contributed by atoms with Crippen LogP contribution in [0, 0.1) is 0 Å². The van der Waals surface area contributed by atoms with Gasteiger partial charge in [0.15, 0.2) is 0 Å². The maximum absolute atomic E-state index is 13.1. The van der Waals surface area contributed by atoms with Gasteiger partial charge in [-0.2, -0.15) is 0 Å². The first kappa shape index (κ1) is 27.9. The maximum atomic E-state index is 13.1. The molecule has 10 heteroatoms. The Hall–Kier alpha value is -4.70. The third-order valence-corrected chi connectivity index (χ3v) is 5.16.